The molecule has 0 bridgehead atoms. The quantitative estimate of drug-likeness (QED) is 0.771. The highest BCUT2D eigenvalue weighted by atomic mass is 19.1. The molecule has 1 aromatic carbocycles. The molecular formula is C11H14FNO3. The van der Waals surface area contributed by atoms with Crippen molar-refractivity contribution in [3.8, 4) is 5.75 Å². The molecule has 3 N–H and O–H groups in total. The van der Waals surface area contributed by atoms with E-state index in [1.54, 1.807) is 6.92 Å². The van der Waals surface area contributed by atoms with E-state index in [1.165, 1.54) is 7.11 Å². The number of carbonyl (C=O) groups is 1. The average Bonchev–Trinajstić information content (AvgIpc) is 2.17. The van der Waals surface area contributed by atoms with E-state index in [9.17, 15) is 9.18 Å². The van der Waals surface area contributed by atoms with Crippen molar-refractivity contribution < 1.29 is 19.0 Å². The summed E-state index contributed by atoms with van der Waals surface area (Å²) < 4.78 is 18.2. The summed E-state index contributed by atoms with van der Waals surface area (Å²) in [5.41, 5.74) is 5.95. The summed E-state index contributed by atoms with van der Waals surface area (Å²) in [5.74, 6) is -2.16. The maximum atomic E-state index is 13.2. The smallest absolute Gasteiger partial charge is 0.311 e. The normalized spacial score (nSPS) is 12.2. The first-order valence-electron chi connectivity index (χ1n) is 4.87. The molecule has 16 heavy (non-hydrogen) atoms. The molecule has 88 valence electrons. The van der Waals surface area contributed by atoms with Gasteiger partial charge in [0.25, 0.3) is 0 Å². The van der Waals surface area contributed by atoms with E-state index < -0.39 is 17.7 Å². The summed E-state index contributed by atoms with van der Waals surface area (Å²) in [6.07, 6.45) is 0.342. The lowest BCUT2D eigenvalue weighted by Gasteiger charge is -2.16. The molecule has 0 saturated carbocycles. The number of benzene rings is 1. The second kappa shape index (κ2) is 4.83. The molecule has 0 amide bonds. The van der Waals surface area contributed by atoms with Crippen LogP contribution in [0.15, 0.2) is 12.1 Å². The number of hydrogen-bond donors (Lipinski definition) is 2. The summed E-state index contributed by atoms with van der Waals surface area (Å²) in [5, 5.41) is 9.01. The van der Waals surface area contributed by atoms with Crippen LogP contribution in [0.2, 0.25) is 0 Å². The highest BCUT2D eigenvalue weighted by Crippen LogP contribution is 2.34. The molecule has 0 heterocycles. The number of methoxy groups -OCH3 is 1. The van der Waals surface area contributed by atoms with Crippen molar-refractivity contribution in [1.29, 1.82) is 0 Å². The monoisotopic (exact) mass is 227 g/mol. The first-order chi connectivity index (χ1) is 7.51. The van der Waals surface area contributed by atoms with Crippen LogP contribution in [0.4, 0.5) is 10.1 Å². The number of hydrogen-bond acceptors (Lipinski definition) is 3. The fourth-order valence-corrected chi connectivity index (χ4v) is 1.66. The van der Waals surface area contributed by atoms with Gasteiger partial charge in [-0.3, -0.25) is 4.79 Å². The van der Waals surface area contributed by atoms with E-state index in [1.807, 2.05) is 0 Å². The third-order valence-electron chi connectivity index (χ3n) is 2.40. The van der Waals surface area contributed by atoms with Gasteiger partial charge >= 0.3 is 5.97 Å². The van der Waals surface area contributed by atoms with Gasteiger partial charge in [0.2, 0.25) is 0 Å². The van der Waals surface area contributed by atoms with Crippen molar-refractivity contribution >= 4 is 11.7 Å². The zero-order valence-electron chi connectivity index (χ0n) is 9.16. The van der Waals surface area contributed by atoms with Crippen LogP contribution in [0.5, 0.6) is 5.75 Å². The van der Waals surface area contributed by atoms with Gasteiger partial charge in [0.15, 0.2) is 0 Å². The number of ether oxygens (including phenoxy) is 1. The number of anilines is 1. The standard InChI is InChI=1S/C11H14FNO3/c1-3-7(11(14)15)8-4-6(12)5-9(13)10(8)16-2/h4-5,7H,3,13H2,1-2H3,(H,14,15). The molecule has 1 unspecified atom stereocenters. The summed E-state index contributed by atoms with van der Waals surface area (Å²) in [7, 11) is 1.38. The minimum Gasteiger partial charge on any atom is -0.494 e. The summed E-state index contributed by atoms with van der Waals surface area (Å²) in [6, 6.07) is 2.26. The van der Waals surface area contributed by atoms with Crippen LogP contribution in [0, 0.1) is 5.82 Å². The minimum absolute atomic E-state index is 0.109. The lowest BCUT2D eigenvalue weighted by atomic mass is 9.95. The van der Waals surface area contributed by atoms with Gasteiger partial charge in [0, 0.05) is 11.6 Å². The number of carboxylic acids is 1. The Labute approximate surface area is 92.8 Å². The second-order valence-electron chi connectivity index (χ2n) is 3.42. The van der Waals surface area contributed by atoms with E-state index >= 15 is 0 Å². The minimum atomic E-state index is -1.02. The Morgan fingerprint density at radius 1 is 1.62 bits per heavy atom. The number of nitrogens with two attached hydrogens (primary N) is 1. The van der Waals surface area contributed by atoms with E-state index in [0.29, 0.717) is 6.42 Å². The Morgan fingerprint density at radius 3 is 2.69 bits per heavy atom. The third-order valence-corrected chi connectivity index (χ3v) is 2.40. The highest BCUT2D eigenvalue weighted by Gasteiger charge is 2.23. The largest absolute Gasteiger partial charge is 0.494 e. The van der Waals surface area contributed by atoms with Crippen molar-refractivity contribution in [3.63, 3.8) is 0 Å². The van der Waals surface area contributed by atoms with Crippen molar-refractivity contribution in [3.05, 3.63) is 23.5 Å². The fraction of sp³-hybridized carbons (Fsp3) is 0.364. The average molecular weight is 227 g/mol. The first kappa shape index (κ1) is 12.3. The number of nitrogen functional groups attached to an aromatic ring is 1. The van der Waals surface area contributed by atoms with Gasteiger partial charge in [-0.15, -0.1) is 0 Å². The molecule has 0 saturated heterocycles. The molecule has 0 aromatic heterocycles. The highest BCUT2D eigenvalue weighted by molar-refractivity contribution is 5.78. The van der Waals surface area contributed by atoms with Gasteiger partial charge < -0.3 is 15.6 Å². The van der Waals surface area contributed by atoms with Gasteiger partial charge in [-0.1, -0.05) is 6.92 Å². The molecule has 1 rings (SSSR count). The molecule has 0 radical (unpaired) electrons. The van der Waals surface area contributed by atoms with Crippen molar-refractivity contribution in [2.45, 2.75) is 19.3 Å². The van der Waals surface area contributed by atoms with Crippen LogP contribution >= 0.6 is 0 Å². The molecule has 0 aliphatic heterocycles. The Bertz CT molecular complexity index is 406. The maximum absolute atomic E-state index is 13.2. The number of aliphatic carboxylic acids is 1. The van der Waals surface area contributed by atoms with E-state index in [4.69, 9.17) is 15.6 Å². The maximum Gasteiger partial charge on any atom is 0.311 e. The van der Waals surface area contributed by atoms with Crippen LogP contribution in [-0.4, -0.2) is 18.2 Å². The SMILES string of the molecule is CCC(C(=O)O)c1cc(F)cc(N)c1OC. The third kappa shape index (κ3) is 2.24. The fourth-order valence-electron chi connectivity index (χ4n) is 1.66. The first-order valence-corrected chi connectivity index (χ1v) is 4.87. The zero-order chi connectivity index (χ0) is 12.3. The molecule has 1 atom stereocenters. The Hall–Kier alpha value is -1.78. The molecular weight excluding hydrogens is 213 g/mol. The summed E-state index contributed by atoms with van der Waals surface area (Å²) >= 11 is 0. The summed E-state index contributed by atoms with van der Waals surface area (Å²) in [6.45, 7) is 1.71. The topological polar surface area (TPSA) is 72.5 Å². The predicted octanol–water partition coefficient (Wildman–Crippen LogP) is 1.99. The molecule has 0 aliphatic rings. The van der Waals surface area contributed by atoms with Crippen molar-refractivity contribution in [2.24, 2.45) is 0 Å². The van der Waals surface area contributed by atoms with Gasteiger partial charge in [0.1, 0.15) is 11.6 Å². The van der Waals surface area contributed by atoms with Gasteiger partial charge in [-0.25, -0.2) is 4.39 Å². The van der Waals surface area contributed by atoms with Crippen LogP contribution in [0.25, 0.3) is 0 Å². The molecule has 4 nitrogen and oxygen atoms in total. The number of rotatable bonds is 4. The zero-order valence-corrected chi connectivity index (χ0v) is 9.16. The number of halogens is 1. The molecule has 0 aliphatic carbocycles. The van der Waals surface area contributed by atoms with E-state index in [2.05, 4.69) is 0 Å². The lowest BCUT2D eigenvalue weighted by molar-refractivity contribution is -0.138. The molecule has 5 heteroatoms. The van der Waals surface area contributed by atoms with Crippen LogP contribution in [0.3, 0.4) is 0 Å². The molecule has 0 fully saturated rings. The lowest BCUT2D eigenvalue weighted by Crippen LogP contribution is -2.13. The van der Waals surface area contributed by atoms with Crippen molar-refractivity contribution in [1.82, 2.24) is 0 Å². The number of carboxylic acid groups (broad SMARTS) is 1. The van der Waals surface area contributed by atoms with Crippen LogP contribution in [0.1, 0.15) is 24.8 Å². The molecule has 1 aromatic rings. The Balaban J connectivity index is 3.34. The van der Waals surface area contributed by atoms with Crippen LogP contribution < -0.4 is 10.5 Å². The van der Waals surface area contributed by atoms with Gasteiger partial charge in [-0.2, -0.15) is 0 Å². The van der Waals surface area contributed by atoms with E-state index in [0.717, 1.165) is 12.1 Å². The Morgan fingerprint density at radius 2 is 2.25 bits per heavy atom. The van der Waals surface area contributed by atoms with Gasteiger partial charge in [-0.05, 0) is 12.5 Å². The Kier molecular flexibility index (Phi) is 3.71. The van der Waals surface area contributed by atoms with E-state index in [-0.39, 0.29) is 17.0 Å². The predicted molar refractivity (Wildman–Crippen MR) is 58.0 cm³/mol. The van der Waals surface area contributed by atoms with Crippen LogP contribution in [-0.2, 0) is 4.79 Å². The van der Waals surface area contributed by atoms with Gasteiger partial charge in [0.05, 0.1) is 18.7 Å². The summed E-state index contributed by atoms with van der Waals surface area (Å²) in [4.78, 5) is 11.0. The second-order valence-corrected chi connectivity index (χ2v) is 3.42. The molecule has 0 spiro atoms. The van der Waals surface area contributed by atoms with Crippen molar-refractivity contribution in [2.75, 3.05) is 12.8 Å².